The van der Waals surface area contributed by atoms with Crippen LogP contribution in [0.3, 0.4) is 0 Å². The van der Waals surface area contributed by atoms with Gasteiger partial charge in [-0.2, -0.15) is 0 Å². The van der Waals surface area contributed by atoms with Crippen LogP contribution in [0, 0.1) is 22.7 Å². The van der Waals surface area contributed by atoms with E-state index in [4.69, 9.17) is 9.84 Å². The highest BCUT2D eigenvalue weighted by Crippen LogP contribution is 2.58. The van der Waals surface area contributed by atoms with Crippen LogP contribution in [0.2, 0.25) is 0 Å². The van der Waals surface area contributed by atoms with Crippen LogP contribution >= 0.6 is 0 Å². The van der Waals surface area contributed by atoms with E-state index in [9.17, 15) is 14.7 Å². The first-order chi connectivity index (χ1) is 12.1. The Morgan fingerprint density at radius 1 is 1.19 bits per heavy atom. The zero-order valence-corrected chi connectivity index (χ0v) is 16.6. The van der Waals surface area contributed by atoms with Crippen molar-refractivity contribution < 1.29 is 24.5 Å². The number of aliphatic hydroxyl groups is 1. The molecule has 2 fully saturated rings. The van der Waals surface area contributed by atoms with Crippen molar-refractivity contribution in [1.82, 2.24) is 5.32 Å². The Bertz CT molecular complexity index is 507. The monoisotopic (exact) mass is 369 g/mol. The summed E-state index contributed by atoms with van der Waals surface area (Å²) < 4.78 is 5.49. The van der Waals surface area contributed by atoms with E-state index in [1.54, 1.807) is 0 Å². The first-order valence-corrected chi connectivity index (χ1v) is 9.89. The molecule has 6 heteroatoms. The summed E-state index contributed by atoms with van der Waals surface area (Å²) in [6, 6.07) is 0.225. The van der Waals surface area contributed by atoms with Crippen molar-refractivity contribution in [2.24, 2.45) is 22.7 Å². The summed E-state index contributed by atoms with van der Waals surface area (Å²) >= 11 is 0. The van der Waals surface area contributed by atoms with Gasteiger partial charge in [-0.05, 0) is 49.9 Å². The highest BCUT2D eigenvalue weighted by atomic mass is 16.5. The third-order valence-electron chi connectivity index (χ3n) is 6.64. The summed E-state index contributed by atoms with van der Waals surface area (Å²) in [5.41, 5.74) is -0.608. The predicted octanol–water partition coefficient (Wildman–Crippen LogP) is 2.59. The number of hydrogen-bond donors (Lipinski definition) is 3. The number of rotatable bonds is 7. The summed E-state index contributed by atoms with van der Waals surface area (Å²) in [7, 11) is 0. The molecule has 0 aromatic carbocycles. The minimum absolute atomic E-state index is 0.000847. The molecule has 0 bridgehead atoms. The topological polar surface area (TPSA) is 95.9 Å². The lowest BCUT2D eigenvalue weighted by atomic mass is 9.49. The summed E-state index contributed by atoms with van der Waals surface area (Å²) in [5, 5.41) is 22.5. The van der Waals surface area contributed by atoms with Crippen molar-refractivity contribution in [2.45, 2.75) is 78.4 Å². The molecule has 26 heavy (non-hydrogen) atoms. The molecule has 0 aromatic rings. The van der Waals surface area contributed by atoms with Gasteiger partial charge in [-0.3, -0.25) is 9.59 Å². The number of carbonyl (C=O) groups is 2. The molecular weight excluding hydrogens is 334 g/mol. The second-order valence-corrected chi connectivity index (χ2v) is 9.21. The Labute approximate surface area is 156 Å². The molecule has 2 aliphatic rings. The van der Waals surface area contributed by atoms with Gasteiger partial charge in [0.2, 0.25) is 0 Å². The van der Waals surface area contributed by atoms with Gasteiger partial charge in [0.05, 0.1) is 11.3 Å². The Morgan fingerprint density at radius 3 is 2.23 bits per heavy atom. The summed E-state index contributed by atoms with van der Waals surface area (Å²) in [6.45, 7) is 8.69. The summed E-state index contributed by atoms with van der Waals surface area (Å²) in [4.78, 5) is 23.7. The summed E-state index contributed by atoms with van der Waals surface area (Å²) in [6.07, 6.45) is 4.08. The first-order valence-electron chi connectivity index (χ1n) is 9.89. The lowest BCUT2D eigenvalue weighted by Gasteiger charge is -2.54. The summed E-state index contributed by atoms with van der Waals surface area (Å²) in [5.74, 6) is -0.843. The van der Waals surface area contributed by atoms with Crippen LogP contribution in [0.25, 0.3) is 0 Å². The Morgan fingerprint density at radius 2 is 1.81 bits per heavy atom. The van der Waals surface area contributed by atoms with Gasteiger partial charge < -0.3 is 20.3 Å². The molecule has 150 valence electrons. The normalized spacial score (nSPS) is 33.2. The number of nitrogens with one attached hydrogen (secondary N) is 1. The number of hydrogen-bond acceptors (Lipinski definition) is 5. The second-order valence-electron chi connectivity index (χ2n) is 9.21. The van der Waals surface area contributed by atoms with E-state index < -0.39 is 17.5 Å². The van der Waals surface area contributed by atoms with Crippen molar-refractivity contribution in [1.29, 1.82) is 0 Å². The molecule has 3 atom stereocenters. The Kier molecular flexibility index (Phi) is 6.72. The number of aliphatic carboxylic acids is 1. The molecule has 0 spiro atoms. The molecule has 0 aliphatic heterocycles. The van der Waals surface area contributed by atoms with E-state index in [-0.39, 0.29) is 30.0 Å². The smallest absolute Gasteiger partial charge is 0.312 e. The molecular formula is C20H35NO5. The fourth-order valence-electron chi connectivity index (χ4n) is 4.65. The number of carboxylic acid groups (broad SMARTS) is 1. The zero-order chi connectivity index (χ0) is 19.5. The van der Waals surface area contributed by atoms with Crippen molar-refractivity contribution in [3.63, 3.8) is 0 Å². The third kappa shape index (κ3) is 4.39. The molecule has 3 unspecified atom stereocenters. The van der Waals surface area contributed by atoms with E-state index in [1.807, 2.05) is 0 Å². The maximum Gasteiger partial charge on any atom is 0.312 e. The standard InChI is InChI=1S/C20H35NO5/c1-13-9-10-20(13,19(2,3)4)18(25)26-12-16(22)11-21-15-7-5-14(6-8-15)17(23)24/h13-16,21-22H,5-12H2,1-4H3,(H,23,24). The molecule has 6 nitrogen and oxygen atoms in total. The van der Waals surface area contributed by atoms with Gasteiger partial charge in [-0.15, -0.1) is 0 Å². The molecule has 0 radical (unpaired) electrons. The van der Waals surface area contributed by atoms with Crippen LogP contribution in [0.4, 0.5) is 0 Å². The molecule has 0 saturated heterocycles. The van der Waals surface area contributed by atoms with Crippen LogP contribution in [-0.2, 0) is 14.3 Å². The lowest BCUT2D eigenvalue weighted by molar-refractivity contribution is -0.184. The van der Waals surface area contributed by atoms with Crippen LogP contribution in [0.1, 0.15) is 66.2 Å². The third-order valence-corrected chi connectivity index (χ3v) is 6.64. The number of aliphatic hydroxyl groups excluding tert-OH is 1. The number of ether oxygens (including phenoxy) is 1. The second kappa shape index (κ2) is 8.26. The molecule has 2 rings (SSSR count). The van der Waals surface area contributed by atoms with Gasteiger partial charge in [0.15, 0.2) is 0 Å². The van der Waals surface area contributed by atoms with E-state index in [0.29, 0.717) is 25.3 Å². The molecule has 3 N–H and O–H groups in total. The van der Waals surface area contributed by atoms with Gasteiger partial charge >= 0.3 is 11.9 Å². The number of carbonyl (C=O) groups excluding carboxylic acids is 1. The molecule has 0 heterocycles. The Hall–Kier alpha value is -1.14. The molecule has 0 amide bonds. The Balaban J connectivity index is 1.73. The lowest BCUT2D eigenvalue weighted by Crippen LogP contribution is -2.55. The van der Waals surface area contributed by atoms with E-state index in [0.717, 1.165) is 25.7 Å². The minimum Gasteiger partial charge on any atom is -0.481 e. The fourth-order valence-corrected chi connectivity index (χ4v) is 4.65. The first kappa shape index (κ1) is 21.2. The largest absolute Gasteiger partial charge is 0.481 e. The van der Waals surface area contributed by atoms with E-state index in [1.165, 1.54) is 0 Å². The van der Waals surface area contributed by atoms with Gasteiger partial charge in [-0.25, -0.2) is 0 Å². The number of carboxylic acids is 1. The molecule has 2 saturated carbocycles. The van der Waals surface area contributed by atoms with Crippen LogP contribution in [-0.4, -0.2) is 47.4 Å². The maximum absolute atomic E-state index is 12.7. The van der Waals surface area contributed by atoms with Crippen LogP contribution in [0.15, 0.2) is 0 Å². The fraction of sp³-hybridized carbons (Fsp3) is 0.900. The van der Waals surface area contributed by atoms with E-state index in [2.05, 4.69) is 33.0 Å². The minimum atomic E-state index is -0.747. The van der Waals surface area contributed by atoms with Crippen molar-refractivity contribution in [2.75, 3.05) is 13.2 Å². The SMILES string of the molecule is CC1CCC1(C(=O)OCC(O)CNC1CCC(C(=O)O)CC1)C(C)(C)C. The van der Waals surface area contributed by atoms with Crippen molar-refractivity contribution in [3.05, 3.63) is 0 Å². The highest BCUT2D eigenvalue weighted by Gasteiger charge is 2.58. The highest BCUT2D eigenvalue weighted by molar-refractivity contribution is 5.79. The molecule has 0 aromatic heterocycles. The van der Waals surface area contributed by atoms with Crippen LogP contribution in [0.5, 0.6) is 0 Å². The number of esters is 1. The quantitative estimate of drug-likeness (QED) is 0.597. The average molecular weight is 370 g/mol. The average Bonchev–Trinajstić information content (AvgIpc) is 2.56. The maximum atomic E-state index is 12.7. The van der Waals surface area contributed by atoms with Gasteiger partial charge in [-0.1, -0.05) is 27.7 Å². The van der Waals surface area contributed by atoms with Gasteiger partial charge in [0.1, 0.15) is 12.7 Å². The zero-order valence-electron chi connectivity index (χ0n) is 16.6. The van der Waals surface area contributed by atoms with Crippen molar-refractivity contribution >= 4 is 11.9 Å². The van der Waals surface area contributed by atoms with Crippen molar-refractivity contribution in [3.8, 4) is 0 Å². The van der Waals surface area contributed by atoms with Gasteiger partial charge in [0.25, 0.3) is 0 Å². The predicted molar refractivity (Wildman–Crippen MR) is 98.6 cm³/mol. The molecule has 2 aliphatic carbocycles. The van der Waals surface area contributed by atoms with Gasteiger partial charge in [0, 0.05) is 12.6 Å². The van der Waals surface area contributed by atoms with E-state index >= 15 is 0 Å². The van der Waals surface area contributed by atoms with Crippen LogP contribution < -0.4 is 5.32 Å².